The van der Waals surface area contributed by atoms with Crippen LogP contribution in [-0.4, -0.2) is 32.9 Å². The first-order valence-corrected chi connectivity index (χ1v) is 7.37. The zero-order chi connectivity index (χ0) is 14.0. The largest absolute Gasteiger partial charge is 0.330 e. The third-order valence-corrected chi connectivity index (χ3v) is 4.95. The first-order chi connectivity index (χ1) is 8.20. The van der Waals surface area contributed by atoms with Gasteiger partial charge in [-0.2, -0.15) is 0 Å². The molecule has 0 saturated carbocycles. The molecule has 102 valence electrons. The molecular weight excluding hydrogens is 248 g/mol. The molecule has 0 atom stereocenters. The molecule has 2 N–H and O–H groups in total. The highest BCUT2D eigenvalue weighted by atomic mass is 32.2. The molecule has 4 nitrogen and oxygen atoms in total. The first kappa shape index (κ1) is 15.1. The Morgan fingerprint density at radius 2 is 1.83 bits per heavy atom. The number of sulfonamides is 1. The average Bonchev–Trinajstić information content (AvgIpc) is 2.28. The monoisotopic (exact) mass is 270 g/mol. The maximum Gasteiger partial charge on any atom is 0.243 e. The molecule has 0 bridgehead atoms. The van der Waals surface area contributed by atoms with Gasteiger partial charge < -0.3 is 5.73 Å². The van der Waals surface area contributed by atoms with Gasteiger partial charge in [-0.1, -0.05) is 32.0 Å². The van der Waals surface area contributed by atoms with Crippen LogP contribution in [0.25, 0.3) is 0 Å². The second-order valence-corrected chi connectivity index (χ2v) is 7.41. The summed E-state index contributed by atoms with van der Waals surface area (Å²) in [4.78, 5) is 0.361. The fourth-order valence-corrected chi connectivity index (χ4v) is 3.35. The minimum atomic E-state index is -3.44. The van der Waals surface area contributed by atoms with Crippen LogP contribution in [0.5, 0.6) is 0 Å². The molecule has 1 aromatic rings. The molecule has 0 heterocycles. The van der Waals surface area contributed by atoms with E-state index < -0.39 is 10.0 Å². The van der Waals surface area contributed by atoms with Crippen LogP contribution < -0.4 is 5.73 Å². The van der Waals surface area contributed by atoms with E-state index in [-0.39, 0.29) is 5.41 Å². The van der Waals surface area contributed by atoms with Crippen LogP contribution in [0.2, 0.25) is 0 Å². The lowest BCUT2D eigenvalue weighted by Crippen LogP contribution is -2.39. The number of nitrogens with zero attached hydrogens (tertiary/aromatic N) is 1. The van der Waals surface area contributed by atoms with Crippen molar-refractivity contribution in [3.05, 3.63) is 29.8 Å². The van der Waals surface area contributed by atoms with E-state index in [1.807, 2.05) is 19.9 Å². The lowest BCUT2D eigenvalue weighted by Gasteiger charge is -2.28. The predicted molar refractivity (Wildman–Crippen MR) is 73.8 cm³/mol. The maximum absolute atomic E-state index is 12.4. The fourth-order valence-electron chi connectivity index (χ4n) is 1.77. The summed E-state index contributed by atoms with van der Waals surface area (Å²) in [5.41, 5.74) is 6.17. The maximum atomic E-state index is 12.4. The Hall–Kier alpha value is -0.910. The molecule has 5 heteroatoms. The van der Waals surface area contributed by atoms with Crippen LogP contribution in [0.4, 0.5) is 0 Å². The second kappa shape index (κ2) is 5.38. The third kappa shape index (κ3) is 3.31. The number of aryl methyl sites for hydroxylation is 1. The van der Waals surface area contributed by atoms with Gasteiger partial charge in [-0.15, -0.1) is 0 Å². The van der Waals surface area contributed by atoms with E-state index >= 15 is 0 Å². The quantitative estimate of drug-likeness (QED) is 0.884. The topological polar surface area (TPSA) is 63.4 Å². The van der Waals surface area contributed by atoms with E-state index in [1.165, 1.54) is 4.31 Å². The summed E-state index contributed by atoms with van der Waals surface area (Å²) in [6.45, 7) is 6.56. The van der Waals surface area contributed by atoms with Crippen LogP contribution in [0.3, 0.4) is 0 Å². The SMILES string of the molecule is Cc1ccccc1S(=O)(=O)N(C)CC(C)(C)CN. The van der Waals surface area contributed by atoms with Crippen molar-refractivity contribution < 1.29 is 8.42 Å². The van der Waals surface area contributed by atoms with Gasteiger partial charge in [0, 0.05) is 13.6 Å². The van der Waals surface area contributed by atoms with Crippen LogP contribution >= 0.6 is 0 Å². The summed E-state index contributed by atoms with van der Waals surface area (Å²) in [6.07, 6.45) is 0. The zero-order valence-corrected chi connectivity index (χ0v) is 12.3. The van der Waals surface area contributed by atoms with Crippen molar-refractivity contribution >= 4 is 10.0 Å². The van der Waals surface area contributed by atoms with Crippen molar-refractivity contribution in [2.45, 2.75) is 25.7 Å². The molecule has 0 aliphatic carbocycles. The van der Waals surface area contributed by atoms with Crippen molar-refractivity contribution in [2.24, 2.45) is 11.1 Å². The number of hydrogen-bond donors (Lipinski definition) is 1. The van der Waals surface area contributed by atoms with E-state index in [0.717, 1.165) is 5.56 Å². The Morgan fingerprint density at radius 3 is 2.33 bits per heavy atom. The van der Waals surface area contributed by atoms with E-state index in [1.54, 1.807) is 32.2 Å². The number of hydrogen-bond acceptors (Lipinski definition) is 3. The molecule has 0 radical (unpaired) electrons. The summed E-state index contributed by atoms with van der Waals surface area (Å²) in [6, 6.07) is 7.01. The van der Waals surface area contributed by atoms with Gasteiger partial charge in [0.1, 0.15) is 0 Å². The molecule has 0 saturated heterocycles. The Morgan fingerprint density at radius 1 is 1.28 bits per heavy atom. The predicted octanol–water partition coefficient (Wildman–Crippen LogP) is 1.60. The highest BCUT2D eigenvalue weighted by molar-refractivity contribution is 7.89. The smallest absolute Gasteiger partial charge is 0.243 e. The second-order valence-electron chi connectivity index (χ2n) is 5.39. The van der Waals surface area contributed by atoms with Gasteiger partial charge in [-0.3, -0.25) is 0 Å². The van der Waals surface area contributed by atoms with Gasteiger partial charge in [-0.05, 0) is 30.5 Å². The van der Waals surface area contributed by atoms with E-state index in [9.17, 15) is 8.42 Å². The average molecular weight is 270 g/mol. The van der Waals surface area contributed by atoms with Crippen LogP contribution in [0, 0.1) is 12.3 Å². The van der Waals surface area contributed by atoms with Crippen LogP contribution in [0.15, 0.2) is 29.2 Å². The Bertz CT molecular complexity index is 509. The molecule has 1 aromatic carbocycles. The van der Waals surface area contributed by atoms with Crippen LogP contribution in [-0.2, 0) is 10.0 Å². The van der Waals surface area contributed by atoms with E-state index in [0.29, 0.717) is 18.0 Å². The minimum absolute atomic E-state index is 0.232. The van der Waals surface area contributed by atoms with Gasteiger partial charge in [0.25, 0.3) is 0 Å². The highest BCUT2D eigenvalue weighted by Crippen LogP contribution is 2.22. The molecule has 1 rings (SSSR count). The van der Waals surface area contributed by atoms with Crippen LogP contribution in [0.1, 0.15) is 19.4 Å². The molecular formula is C13H22N2O2S. The Kier molecular flexibility index (Phi) is 4.53. The molecule has 0 unspecified atom stereocenters. The Balaban J connectivity index is 3.05. The van der Waals surface area contributed by atoms with Crippen molar-refractivity contribution in [3.8, 4) is 0 Å². The first-order valence-electron chi connectivity index (χ1n) is 5.93. The number of benzene rings is 1. The normalized spacial score (nSPS) is 13.0. The number of rotatable bonds is 5. The molecule has 0 aliphatic rings. The third-order valence-electron chi connectivity index (χ3n) is 2.99. The highest BCUT2D eigenvalue weighted by Gasteiger charge is 2.27. The summed E-state index contributed by atoms with van der Waals surface area (Å²) in [7, 11) is -1.84. The summed E-state index contributed by atoms with van der Waals surface area (Å²) >= 11 is 0. The summed E-state index contributed by atoms with van der Waals surface area (Å²) in [5, 5.41) is 0. The minimum Gasteiger partial charge on any atom is -0.330 e. The molecule has 0 aromatic heterocycles. The van der Waals surface area contributed by atoms with Gasteiger partial charge in [0.05, 0.1) is 4.90 Å². The lowest BCUT2D eigenvalue weighted by atomic mass is 9.94. The Labute approximate surface area is 110 Å². The lowest BCUT2D eigenvalue weighted by molar-refractivity contribution is 0.292. The summed E-state index contributed by atoms with van der Waals surface area (Å²) < 4.78 is 26.2. The number of nitrogens with two attached hydrogens (primary N) is 1. The fraction of sp³-hybridized carbons (Fsp3) is 0.538. The van der Waals surface area contributed by atoms with Gasteiger partial charge in [0.2, 0.25) is 10.0 Å². The molecule has 0 amide bonds. The molecule has 18 heavy (non-hydrogen) atoms. The van der Waals surface area contributed by atoms with Gasteiger partial charge >= 0.3 is 0 Å². The van der Waals surface area contributed by atoms with Gasteiger partial charge in [-0.25, -0.2) is 12.7 Å². The van der Waals surface area contributed by atoms with Crippen molar-refractivity contribution in [3.63, 3.8) is 0 Å². The summed E-state index contributed by atoms with van der Waals surface area (Å²) in [5.74, 6) is 0. The van der Waals surface area contributed by atoms with E-state index in [2.05, 4.69) is 0 Å². The van der Waals surface area contributed by atoms with Crippen molar-refractivity contribution in [2.75, 3.05) is 20.1 Å². The van der Waals surface area contributed by atoms with Crippen molar-refractivity contribution in [1.82, 2.24) is 4.31 Å². The molecule has 0 spiro atoms. The van der Waals surface area contributed by atoms with Crippen molar-refractivity contribution in [1.29, 1.82) is 0 Å². The van der Waals surface area contributed by atoms with E-state index in [4.69, 9.17) is 5.73 Å². The molecule has 0 fully saturated rings. The zero-order valence-electron chi connectivity index (χ0n) is 11.5. The molecule has 0 aliphatic heterocycles. The van der Waals surface area contributed by atoms with Gasteiger partial charge in [0.15, 0.2) is 0 Å². The standard InChI is InChI=1S/C13H22N2O2S/c1-11-7-5-6-8-12(11)18(16,17)15(4)10-13(2,3)9-14/h5-8H,9-10,14H2,1-4H3.